The Morgan fingerprint density at radius 1 is 1.38 bits per heavy atom. The van der Waals surface area contributed by atoms with Crippen molar-refractivity contribution in [3.05, 3.63) is 53.9 Å². The van der Waals surface area contributed by atoms with Crippen LogP contribution in [-0.4, -0.2) is 56.7 Å². The number of nitrogens with zero attached hydrogens (tertiary/aromatic N) is 6. The van der Waals surface area contributed by atoms with E-state index in [0.29, 0.717) is 41.7 Å². The van der Waals surface area contributed by atoms with Crippen LogP contribution in [0, 0.1) is 5.92 Å². The van der Waals surface area contributed by atoms with Crippen molar-refractivity contribution in [2.24, 2.45) is 10.9 Å². The smallest absolute Gasteiger partial charge is 0.228 e. The molecule has 172 valence electrons. The Kier molecular flexibility index (Phi) is 8.92. The minimum absolute atomic E-state index is 0. The SMILES string of the molecule is CCNC(=NCCc1nc(-c2cccc(Cl)c2)no1)N1CCC(C)C(n2ccnc2)C1.I. The number of hydrogen-bond donors (Lipinski definition) is 1. The van der Waals surface area contributed by atoms with Crippen LogP contribution in [0.4, 0.5) is 0 Å². The molecular formula is C22H29ClIN7O. The summed E-state index contributed by atoms with van der Waals surface area (Å²) in [5, 5.41) is 8.14. The maximum atomic E-state index is 6.05. The molecule has 10 heteroatoms. The van der Waals surface area contributed by atoms with Crippen LogP contribution in [0.1, 0.15) is 32.2 Å². The van der Waals surface area contributed by atoms with Gasteiger partial charge in [-0.1, -0.05) is 35.8 Å². The van der Waals surface area contributed by atoms with Crippen molar-refractivity contribution in [2.45, 2.75) is 32.7 Å². The molecule has 0 saturated carbocycles. The monoisotopic (exact) mass is 569 g/mol. The van der Waals surface area contributed by atoms with Gasteiger partial charge in [-0.05, 0) is 31.4 Å². The number of likely N-dealkylation sites (tertiary alicyclic amines) is 1. The highest BCUT2D eigenvalue weighted by molar-refractivity contribution is 14.0. The fraction of sp³-hybridized carbons (Fsp3) is 0.455. The topological polar surface area (TPSA) is 84.4 Å². The number of imidazole rings is 1. The molecule has 0 aliphatic carbocycles. The van der Waals surface area contributed by atoms with Crippen LogP contribution in [0.25, 0.3) is 11.4 Å². The van der Waals surface area contributed by atoms with E-state index in [-0.39, 0.29) is 24.0 Å². The van der Waals surface area contributed by atoms with E-state index in [0.717, 1.165) is 37.6 Å². The summed E-state index contributed by atoms with van der Waals surface area (Å²) >= 11 is 6.05. The number of aliphatic imine (C=N–C) groups is 1. The second kappa shape index (κ2) is 11.6. The van der Waals surface area contributed by atoms with Gasteiger partial charge < -0.3 is 19.3 Å². The molecule has 2 unspecified atom stereocenters. The lowest BCUT2D eigenvalue weighted by molar-refractivity contribution is 0.189. The summed E-state index contributed by atoms with van der Waals surface area (Å²) in [6.07, 6.45) is 7.48. The van der Waals surface area contributed by atoms with Crippen molar-refractivity contribution in [1.82, 2.24) is 29.9 Å². The summed E-state index contributed by atoms with van der Waals surface area (Å²) in [6, 6.07) is 7.82. The number of rotatable bonds is 6. The Morgan fingerprint density at radius 3 is 3.00 bits per heavy atom. The number of benzene rings is 1. The van der Waals surface area contributed by atoms with Gasteiger partial charge in [-0.3, -0.25) is 4.99 Å². The van der Waals surface area contributed by atoms with Crippen molar-refractivity contribution < 1.29 is 4.52 Å². The summed E-state index contributed by atoms with van der Waals surface area (Å²) in [7, 11) is 0. The van der Waals surface area contributed by atoms with E-state index in [1.807, 2.05) is 43.0 Å². The highest BCUT2D eigenvalue weighted by Gasteiger charge is 2.28. The van der Waals surface area contributed by atoms with Gasteiger partial charge in [0.1, 0.15) is 0 Å². The van der Waals surface area contributed by atoms with Crippen molar-refractivity contribution in [3.63, 3.8) is 0 Å². The second-order valence-electron chi connectivity index (χ2n) is 7.80. The molecule has 2 aromatic heterocycles. The molecule has 1 N–H and O–H groups in total. The molecule has 0 bridgehead atoms. The average Bonchev–Trinajstić information content (AvgIpc) is 3.46. The van der Waals surface area contributed by atoms with E-state index in [4.69, 9.17) is 21.1 Å². The van der Waals surface area contributed by atoms with Crippen LogP contribution in [0.5, 0.6) is 0 Å². The lowest BCUT2D eigenvalue weighted by atomic mass is 9.93. The van der Waals surface area contributed by atoms with Crippen LogP contribution >= 0.6 is 35.6 Å². The zero-order valence-electron chi connectivity index (χ0n) is 18.3. The predicted octanol–water partition coefficient (Wildman–Crippen LogP) is 4.30. The third kappa shape index (κ3) is 6.00. The number of guanidine groups is 1. The van der Waals surface area contributed by atoms with Crippen molar-refractivity contribution in [1.29, 1.82) is 0 Å². The molecular weight excluding hydrogens is 541 g/mol. The average molecular weight is 570 g/mol. The van der Waals surface area contributed by atoms with E-state index in [9.17, 15) is 0 Å². The molecule has 2 atom stereocenters. The molecule has 0 radical (unpaired) electrons. The van der Waals surface area contributed by atoms with Crippen molar-refractivity contribution >= 4 is 41.5 Å². The minimum atomic E-state index is 0. The van der Waals surface area contributed by atoms with E-state index >= 15 is 0 Å². The van der Waals surface area contributed by atoms with Gasteiger partial charge in [0.05, 0.1) is 18.9 Å². The molecule has 8 nitrogen and oxygen atoms in total. The molecule has 1 saturated heterocycles. The highest BCUT2D eigenvalue weighted by atomic mass is 127. The van der Waals surface area contributed by atoms with Gasteiger partial charge >= 0.3 is 0 Å². The van der Waals surface area contributed by atoms with E-state index in [1.54, 1.807) is 0 Å². The normalized spacial score (nSPS) is 19.0. The van der Waals surface area contributed by atoms with Gasteiger partial charge in [0.2, 0.25) is 11.7 Å². The Hall–Kier alpha value is -2.14. The summed E-state index contributed by atoms with van der Waals surface area (Å²) in [5.74, 6) is 2.63. The minimum Gasteiger partial charge on any atom is -0.357 e. The van der Waals surface area contributed by atoms with Gasteiger partial charge in [-0.25, -0.2) is 4.98 Å². The third-order valence-electron chi connectivity index (χ3n) is 5.60. The number of hydrogen-bond acceptors (Lipinski definition) is 5. The summed E-state index contributed by atoms with van der Waals surface area (Å²) < 4.78 is 7.61. The first-order chi connectivity index (χ1) is 15.1. The Balaban J connectivity index is 0.00000289. The molecule has 3 aromatic rings. The van der Waals surface area contributed by atoms with Gasteiger partial charge in [-0.2, -0.15) is 4.98 Å². The number of halogens is 2. The highest BCUT2D eigenvalue weighted by Crippen LogP contribution is 2.27. The quantitative estimate of drug-likeness (QED) is 0.271. The maximum absolute atomic E-state index is 6.05. The van der Waals surface area contributed by atoms with E-state index in [2.05, 4.69) is 43.8 Å². The van der Waals surface area contributed by atoms with E-state index in [1.165, 1.54) is 0 Å². The third-order valence-corrected chi connectivity index (χ3v) is 5.83. The molecule has 4 rings (SSSR count). The van der Waals surface area contributed by atoms with Gasteiger partial charge in [0.25, 0.3) is 0 Å². The molecule has 1 fully saturated rings. The first-order valence-corrected chi connectivity index (χ1v) is 11.1. The summed E-state index contributed by atoms with van der Waals surface area (Å²) in [5.41, 5.74) is 0.840. The molecule has 0 spiro atoms. The Labute approximate surface area is 210 Å². The number of piperidine rings is 1. The zero-order chi connectivity index (χ0) is 21.6. The van der Waals surface area contributed by atoms with E-state index < -0.39 is 0 Å². The van der Waals surface area contributed by atoms with Crippen LogP contribution in [-0.2, 0) is 6.42 Å². The first-order valence-electron chi connectivity index (χ1n) is 10.7. The zero-order valence-corrected chi connectivity index (χ0v) is 21.4. The van der Waals surface area contributed by atoms with Crippen LogP contribution in [0.15, 0.2) is 52.5 Å². The molecule has 1 aliphatic heterocycles. The lowest BCUT2D eigenvalue weighted by Crippen LogP contribution is -2.49. The van der Waals surface area contributed by atoms with Crippen molar-refractivity contribution in [3.8, 4) is 11.4 Å². The van der Waals surface area contributed by atoms with Gasteiger partial charge in [-0.15, -0.1) is 24.0 Å². The standard InChI is InChI=1S/C22H28ClN7O.HI/c1-3-25-22(29-11-8-16(2)19(14-29)30-12-10-24-15-30)26-9-7-20-27-21(28-31-20)17-5-4-6-18(23)13-17;/h4-6,10,12-13,15-16,19H,3,7-9,11,14H2,1-2H3,(H,25,26);1H. The fourth-order valence-corrected chi connectivity index (χ4v) is 4.07. The maximum Gasteiger partial charge on any atom is 0.228 e. The van der Waals surface area contributed by atoms with Crippen LogP contribution in [0.2, 0.25) is 5.02 Å². The van der Waals surface area contributed by atoms with Crippen molar-refractivity contribution in [2.75, 3.05) is 26.2 Å². The largest absolute Gasteiger partial charge is 0.357 e. The fourth-order valence-electron chi connectivity index (χ4n) is 3.88. The second-order valence-corrected chi connectivity index (χ2v) is 8.23. The van der Waals surface area contributed by atoms with Crippen LogP contribution < -0.4 is 5.32 Å². The molecule has 1 aliphatic rings. The molecule has 32 heavy (non-hydrogen) atoms. The van der Waals surface area contributed by atoms with Gasteiger partial charge in [0.15, 0.2) is 5.96 Å². The Bertz CT molecular complexity index is 1010. The molecule has 1 aromatic carbocycles. The summed E-state index contributed by atoms with van der Waals surface area (Å²) in [6.45, 7) is 7.67. The van der Waals surface area contributed by atoms with Gasteiger partial charge in [0, 0.05) is 49.0 Å². The first kappa shape index (κ1) is 24.5. The lowest BCUT2D eigenvalue weighted by Gasteiger charge is -2.39. The number of nitrogens with one attached hydrogen (secondary N) is 1. The molecule has 0 amide bonds. The number of aromatic nitrogens is 4. The van der Waals surface area contributed by atoms with Crippen LogP contribution in [0.3, 0.4) is 0 Å². The molecule has 3 heterocycles. The Morgan fingerprint density at radius 2 is 2.25 bits per heavy atom. The predicted molar refractivity (Wildman–Crippen MR) is 136 cm³/mol. The summed E-state index contributed by atoms with van der Waals surface area (Å²) in [4.78, 5) is 15.9.